The van der Waals surface area contributed by atoms with E-state index in [4.69, 9.17) is 9.52 Å². The fraction of sp³-hybridized carbons (Fsp3) is 0.167. The average molecular weight is 285 g/mol. The van der Waals surface area contributed by atoms with Crippen LogP contribution in [-0.2, 0) is 16.6 Å². The molecule has 2 rings (SSSR count). The molecule has 19 heavy (non-hydrogen) atoms. The summed E-state index contributed by atoms with van der Waals surface area (Å²) in [5.74, 6) is -0.553. The predicted molar refractivity (Wildman–Crippen MR) is 66.6 cm³/mol. The van der Waals surface area contributed by atoms with E-state index in [1.165, 1.54) is 24.3 Å². The number of hydrogen-bond donors (Lipinski definition) is 2. The van der Waals surface area contributed by atoms with Gasteiger partial charge in [-0.1, -0.05) is 6.07 Å². The van der Waals surface area contributed by atoms with Gasteiger partial charge in [0, 0.05) is 0 Å². The van der Waals surface area contributed by atoms with Gasteiger partial charge in [0.25, 0.3) is 10.0 Å². The summed E-state index contributed by atoms with van der Waals surface area (Å²) in [4.78, 5) is 0. The topological polar surface area (TPSA) is 79.5 Å². The molecular formula is C12H12FNO4S. The molecule has 0 saturated heterocycles. The first-order valence-corrected chi connectivity index (χ1v) is 6.89. The summed E-state index contributed by atoms with van der Waals surface area (Å²) in [5.41, 5.74) is 0.522. The van der Waals surface area contributed by atoms with Crippen molar-refractivity contribution in [3.05, 3.63) is 47.5 Å². The minimum atomic E-state index is -4.01. The highest BCUT2D eigenvalue weighted by Gasteiger charge is 2.20. The van der Waals surface area contributed by atoms with Crippen LogP contribution in [0.4, 0.5) is 10.1 Å². The van der Waals surface area contributed by atoms with Crippen LogP contribution >= 0.6 is 0 Å². The number of hydrogen-bond acceptors (Lipinski definition) is 4. The molecule has 0 aliphatic heterocycles. The Kier molecular flexibility index (Phi) is 3.59. The fourth-order valence-electron chi connectivity index (χ4n) is 1.49. The molecule has 0 radical (unpaired) electrons. The Morgan fingerprint density at radius 2 is 2.05 bits per heavy atom. The zero-order valence-electron chi connectivity index (χ0n) is 10.1. The Bertz CT molecular complexity index is 694. The third-order valence-electron chi connectivity index (χ3n) is 2.43. The first-order valence-electron chi connectivity index (χ1n) is 5.41. The van der Waals surface area contributed by atoms with Crippen LogP contribution in [-0.4, -0.2) is 13.5 Å². The Hall–Kier alpha value is -1.86. The molecule has 2 N–H and O–H groups in total. The maximum Gasteiger partial charge on any atom is 0.295 e. The van der Waals surface area contributed by atoms with Crippen molar-refractivity contribution < 1.29 is 22.3 Å². The van der Waals surface area contributed by atoms with Crippen LogP contribution in [0.3, 0.4) is 0 Å². The smallest absolute Gasteiger partial charge is 0.295 e. The normalized spacial score (nSPS) is 11.5. The highest BCUT2D eigenvalue weighted by Crippen LogP contribution is 2.21. The lowest BCUT2D eigenvalue weighted by Crippen LogP contribution is -2.13. The number of benzene rings is 1. The lowest BCUT2D eigenvalue weighted by atomic mass is 10.2. The molecule has 102 valence electrons. The molecule has 0 aliphatic rings. The summed E-state index contributed by atoms with van der Waals surface area (Å²) in [5, 5.41) is 8.43. The van der Waals surface area contributed by atoms with Gasteiger partial charge < -0.3 is 9.52 Å². The van der Waals surface area contributed by atoms with Gasteiger partial charge in [-0.2, -0.15) is 8.42 Å². The maximum atomic E-state index is 13.6. The van der Waals surface area contributed by atoms with Crippen molar-refractivity contribution >= 4 is 15.7 Å². The predicted octanol–water partition coefficient (Wildman–Crippen LogP) is 2.02. The first-order chi connectivity index (χ1) is 8.92. The van der Waals surface area contributed by atoms with Gasteiger partial charge in [0.15, 0.2) is 0 Å². The van der Waals surface area contributed by atoms with Crippen molar-refractivity contribution in [1.82, 2.24) is 0 Å². The molecule has 0 aliphatic carbocycles. The van der Waals surface area contributed by atoms with E-state index in [1.54, 1.807) is 13.0 Å². The van der Waals surface area contributed by atoms with Crippen molar-refractivity contribution in [3.63, 3.8) is 0 Å². The van der Waals surface area contributed by atoms with Gasteiger partial charge >= 0.3 is 0 Å². The summed E-state index contributed by atoms with van der Waals surface area (Å²) in [7, 11) is -4.01. The second-order valence-electron chi connectivity index (χ2n) is 3.97. The molecule has 0 bridgehead atoms. The number of aryl methyl sites for hydroxylation is 1. The third-order valence-corrected chi connectivity index (χ3v) is 3.66. The van der Waals surface area contributed by atoms with Gasteiger partial charge in [0.05, 0.1) is 5.69 Å². The zero-order chi connectivity index (χ0) is 14.0. The molecule has 2 aromatic rings. The van der Waals surface area contributed by atoms with Gasteiger partial charge in [-0.15, -0.1) is 0 Å². The molecule has 1 heterocycles. The van der Waals surface area contributed by atoms with Crippen LogP contribution in [0, 0.1) is 12.7 Å². The monoisotopic (exact) mass is 285 g/mol. The van der Waals surface area contributed by atoms with E-state index < -0.39 is 22.4 Å². The minimum Gasteiger partial charge on any atom is -0.445 e. The van der Waals surface area contributed by atoms with E-state index in [1.807, 2.05) is 0 Å². The van der Waals surface area contributed by atoms with E-state index in [-0.39, 0.29) is 16.5 Å². The summed E-state index contributed by atoms with van der Waals surface area (Å²) < 4.78 is 44.4. The number of rotatable bonds is 4. The molecule has 1 aromatic heterocycles. The summed E-state index contributed by atoms with van der Waals surface area (Å²) in [6, 6.07) is 6.67. The van der Waals surface area contributed by atoms with Gasteiger partial charge in [-0.05, 0) is 36.8 Å². The van der Waals surface area contributed by atoms with Gasteiger partial charge in [0.2, 0.25) is 5.09 Å². The van der Waals surface area contributed by atoms with E-state index in [2.05, 4.69) is 4.72 Å². The van der Waals surface area contributed by atoms with Gasteiger partial charge in [-0.3, -0.25) is 4.72 Å². The van der Waals surface area contributed by atoms with E-state index in [0.29, 0.717) is 5.56 Å². The highest BCUT2D eigenvalue weighted by atomic mass is 32.2. The molecule has 0 saturated carbocycles. The standard InChI is InChI=1S/C12H12FNO4S/c1-8-2-4-11(10(13)6-8)14-19(16,17)12-5-3-9(7-15)18-12/h2-6,14-15H,7H2,1H3. The Morgan fingerprint density at radius 1 is 1.32 bits per heavy atom. The van der Waals surface area contributed by atoms with Crippen LogP contribution in [0.25, 0.3) is 0 Å². The number of furan rings is 1. The average Bonchev–Trinajstić information content (AvgIpc) is 2.82. The first kappa shape index (κ1) is 13.6. The van der Waals surface area contributed by atoms with Crippen molar-refractivity contribution in [2.45, 2.75) is 18.6 Å². The van der Waals surface area contributed by atoms with Gasteiger partial charge in [0.1, 0.15) is 18.2 Å². The number of aliphatic hydroxyl groups is 1. The van der Waals surface area contributed by atoms with E-state index in [0.717, 1.165) is 0 Å². The molecule has 0 amide bonds. The Labute approximate surface area is 109 Å². The summed E-state index contributed by atoms with van der Waals surface area (Å²) >= 11 is 0. The summed E-state index contributed by atoms with van der Waals surface area (Å²) in [6.45, 7) is 1.29. The highest BCUT2D eigenvalue weighted by molar-refractivity contribution is 7.92. The van der Waals surface area contributed by atoms with Crippen LogP contribution in [0.1, 0.15) is 11.3 Å². The molecule has 7 heteroatoms. The minimum absolute atomic E-state index is 0.116. The zero-order valence-corrected chi connectivity index (χ0v) is 10.9. The fourth-order valence-corrected chi connectivity index (χ4v) is 2.51. The molecule has 0 atom stereocenters. The lowest BCUT2D eigenvalue weighted by Gasteiger charge is -2.07. The summed E-state index contributed by atoms with van der Waals surface area (Å²) in [6.07, 6.45) is 0. The second kappa shape index (κ2) is 5.02. The molecule has 0 spiro atoms. The Balaban J connectivity index is 2.30. The number of halogens is 1. The van der Waals surface area contributed by atoms with Crippen molar-refractivity contribution in [1.29, 1.82) is 0 Å². The molecule has 5 nitrogen and oxygen atoms in total. The number of nitrogens with one attached hydrogen (secondary N) is 1. The SMILES string of the molecule is Cc1ccc(NS(=O)(=O)c2ccc(CO)o2)c(F)c1. The molecule has 0 fully saturated rings. The van der Waals surface area contributed by atoms with Crippen molar-refractivity contribution in [2.24, 2.45) is 0 Å². The molecule has 1 aromatic carbocycles. The third kappa shape index (κ3) is 2.94. The Morgan fingerprint density at radius 3 is 2.63 bits per heavy atom. The lowest BCUT2D eigenvalue weighted by molar-refractivity contribution is 0.236. The molecular weight excluding hydrogens is 273 g/mol. The van der Waals surface area contributed by atoms with Crippen molar-refractivity contribution in [3.8, 4) is 0 Å². The number of anilines is 1. The quantitative estimate of drug-likeness (QED) is 0.900. The van der Waals surface area contributed by atoms with Crippen LogP contribution < -0.4 is 4.72 Å². The second-order valence-corrected chi connectivity index (χ2v) is 5.58. The van der Waals surface area contributed by atoms with Crippen LogP contribution in [0.15, 0.2) is 39.8 Å². The molecule has 0 unspecified atom stereocenters. The van der Waals surface area contributed by atoms with Crippen LogP contribution in [0.5, 0.6) is 0 Å². The number of sulfonamides is 1. The largest absolute Gasteiger partial charge is 0.445 e. The maximum absolute atomic E-state index is 13.6. The van der Waals surface area contributed by atoms with Crippen LogP contribution in [0.2, 0.25) is 0 Å². The van der Waals surface area contributed by atoms with E-state index >= 15 is 0 Å². The van der Waals surface area contributed by atoms with E-state index in [9.17, 15) is 12.8 Å². The van der Waals surface area contributed by atoms with Gasteiger partial charge in [-0.25, -0.2) is 4.39 Å². The van der Waals surface area contributed by atoms with Crippen molar-refractivity contribution in [2.75, 3.05) is 4.72 Å². The number of aliphatic hydroxyl groups excluding tert-OH is 1.